The topological polar surface area (TPSA) is 15.6 Å². The summed E-state index contributed by atoms with van der Waals surface area (Å²) < 4.78 is 1.12. The van der Waals surface area contributed by atoms with Gasteiger partial charge < -0.3 is 4.90 Å². The van der Waals surface area contributed by atoms with Crippen molar-refractivity contribution in [1.82, 2.24) is 0 Å². The van der Waals surface area contributed by atoms with Crippen molar-refractivity contribution in [3.8, 4) is 0 Å². The molecular weight excluding hydrogens is 492 g/mol. The van der Waals surface area contributed by atoms with Crippen LogP contribution in [0.3, 0.4) is 0 Å². The monoisotopic (exact) mass is 532 g/mol. The molecule has 0 fully saturated rings. The van der Waals surface area contributed by atoms with Crippen LogP contribution in [0.4, 0.5) is 11.4 Å². The van der Waals surface area contributed by atoms with Gasteiger partial charge in [0.2, 0.25) is 0 Å². The van der Waals surface area contributed by atoms with Gasteiger partial charge in [-0.05, 0) is 57.6 Å². The minimum absolute atomic E-state index is 0.409. The Bertz CT molecular complexity index is 1110. The molecule has 0 aliphatic heterocycles. The Kier molecular flexibility index (Phi) is 9.35. The Labute approximate surface area is 221 Å². The SMILES string of the molecule is CC(C)c1cccc(C(C)C)c1N=CN(Cc1ccccc1Br)c1c(C(C)C)cccc1C(C)C. The average molecular weight is 534 g/mol. The van der Waals surface area contributed by atoms with Crippen LogP contribution in [-0.2, 0) is 6.54 Å². The lowest BCUT2D eigenvalue weighted by Crippen LogP contribution is -2.24. The second-order valence-corrected chi connectivity index (χ2v) is 11.5. The number of hydrogen-bond acceptors (Lipinski definition) is 1. The van der Waals surface area contributed by atoms with Crippen LogP contribution in [0, 0.1) is 0 Å². The van der Waals surface area contributed by atoms with E-state index in [0.29, 0.717) is 23.7 Å². The molecule has 0 spiro atoms. The summed E-state index contributed by atoms with van der Waals surface area (Å²) in [7, 11) is 0. The maximum Gasteiger partial charge on any atom is 0.0960 e. The first-order valence-corrected chi connectivity index (χ1v) is 13.7. The highest BCUT2D eigenvalue weighted by atomic mass is 79.9. The first-order chi connectivity index (χ1) is 16.6. The van der Waals surface area contributed by atoms with Crippen LogP contribution in [-0.4, -0.2) is 6.34 Å². The van der Waals surface area contributed by atoms with Crippen molar-refractivity contribution >= 4 is 33.6 Å². The van der Waals surface area contributed by atoms with Gasteiger partial charge in [-0.15, -0.1) is 0 Å². The normalized spacial score (nSPS) is 12.0. The molecule has 0 atom stereocenters. The van der Waals surface area contributed by atoms with E-state index < -0.39 is 0 Å². The molecule has 186 valence electrons. The largest absolute Gasteiger partial charge is 0.327 e. The number of hydrogen-bond donors (Lipinski definition) is 0. The molecular formula is C32H41BrN2. The van der Waals surface area contributed by atoms with Gasteiger partial charge in [0, 0.05) is 10.2 Å². The van der Waals surface area contributed by atoms with E-state index in [0.717, 1.165) is 16.7 Å². The fourth-order valence-corrected chi connectivity index (χ4v) is 5.03. The first-order valence-electron chi connectivity index (χ1n) is 12.9. The molecule has 0 radical (unpaired) electrons. The summed E-state index contributed by atoms with van der Waals surface area (Å²) in [6, 6.07) is 21.9. The molecule has 3 heteroatoms. The molecule has 0 aliphatic rings. The van der Waals surface area contributed by atoms with Crippen molar-refractivity contribution in [3.05, 3.63) is 93.0 Å². The maximum atomic E-state index is 5.24. The number of benzene rings is 3. The van der Waals surface area contributed by atoms with E-state index in [-0.39, 0.29) is 0 Å². The molecule has 3 aromatic rings. The van der Waals surface area contributed by atoms with Gasteiger partial charge in [0.15, 0.2) is 0 Å². The van der Waals surface area contributed by atoms with Crippen LogP contribution in [0.25, 0.3) is 0 Å². The molecule has 3 rings (SSSR count). The predicted molar refractivity (Wildman–Crippen MR) is 158 cm³/mol. The van der Waals surface area contributed by atoms with E-state index in [1.54, 1.807) is 0 Å². The summed E-state index contributed by atoms with van der Waals surface area (Å²) in [5.74, 6) is 1.64. The third-order valence-electron chi connectivity index (χ3n) is 6.60. The molecule has 0 aliphatic carbocycles. The van der Waals surface area contributed by atoms with Gasteiger partial charge in [0.25, 0.3) is 0 Å². The second kappa shape index (κ2) is 12.0. The van der Waals surface area contributed by atoms with Gasteiger partial charge in [0.1, 0.15) is 0 Å². The van der Waals surface area contributed by atoms with Gasteiger partial charge in [-0.1, -0.05) is 126 Å². The van der Waals surface area contributed by atoms with Crippen LogP contribution in [0.2, 0.25) is 0 Å². The van der Waals surface area contributed by atoms with Crippen molar-refractivity contribution in [2.24, 2.45) is 4.99 Å². The van der Waals surface area contributed by atoms with Crippen LogP contribution >= 0.6 is 15.9 Å². The number of para-hydroxylation sites is 2. The Morgan fingerprint density at radius 1 is 0.657 bits per heavy atom. The third kappa shape index (κ3) is 6.44. The average Bonchev–Trinajstić information content (AvgIpc) is 2.81. The molecule has 0 saturated carbocycles. The van der Waals surface area contributed by atoms with E-state index in [1.165, 1.54) is 33.5 Å². The summed E-state index contributed by atoms with van der Waals surface area (Å²) in [5.41, 5.74) is 8.96. The summed E-state index contributed by atoms with van der Waals surface area (Å²) in [6.07, 6.45) is 2.08. The zero-order chi connectivity index (χ0) is 25.7. The molecule has 0 saturated heterocycles. The van der Waals surface area contributed by atoms with Gasteiger partial charge in [-0.25, -0.2) is 4.99 Å². The van der Waals surface area contributed by atoms with Gasteiger partial charge >= 0.3 is 0 Å². The molecule has 0 aromatic heterocycles. The van der Waals surface area contributed by atoms with Gasteiger partial charge in [0.05, 0.1) is 18.6 Å². The zero-order valence-electron chi connectivity index (χ0n) is 22.6. The van der Waals surface area contributed by atoms with E-state index in [4.69, 9.17) is 4.99 Å². The van der Waals surface area contributed by atoms with Crippen LogP contribution < -0.4 is 4.90 Å². The fraction of sp³-hybridized carbons (Fsp3) is 0.406. The number of anilines is 1. The number of aliphatic imine (C=N–C) groups is 1. The molecule has 0 bridgehead atoms. The van der Waals surface area contributed by atoms with Crippen molar-refractivity contribution < 1.29 is 0 Å². The lowest BCUT2D eigenvalue weighted by Gasteiger charge is -2.29. The molecule has 0 unspecified atom stereocenters. The molecule has 0 N–H and O–H groups in total. The molecule has 0 amide bonds. The second-order valence-electron chi connectivity index (χ2n) is 10.7. The zero-order valence-corrected chi connectivity index (χ0v) is 24.2. The third-order valence-corrected chi connectivity index (χ3v) is 7.37. The van der Waals surface area contributed by atoms with Crippen LogP contribution in [0.1, 0.15) is 107 Å². The van der Waals surface area contributed by atoms with E-state index in [9.17, 15) is 0 Å². The Morgan fingerprint density at radius 3 is 1.57 bits per heavy atom. The quantitative estimate of drug-likeness (QED) is 0.197. The van der Waals surface area contributed by atoms with Crippen LogP contribution in [0.5, 0.6) is 0 Å². The van der Waals surface area contributed by atoms with Crippen molar-refractivity contribution in [1.29, 1.82) is 0 Å². The fourth-order valence-electron chi connectivity index (χ4n) is 4.62. The standard InChI is InChI=1S/C32H41BrN2/c1-21(2)26-14-11-15-27(22(3)4)31(26)34-20-35(19-25-13-9-10-18-30(25)33)32-28(23(5)6)16-12-17-29(32)24(7)8/h9-18,20-24H,19H2,1-8H3. The molecule has 0 heterocycles. The minimum Gasteiger partial charge on any atom is -0.327 e. The Hall–Kier alpha value is -2.39. The highest BCUT2D eigenvalue weighted by Crippen LogP contribution is 2.38. The summed E-state index contributed by atoms with van der Waals surface area (Å²) >= 11 is 3.78. The maximum absolute atomic E-state index is 5.24. The minimum atomic E-state index is 0.409. The molecule has 3 aromatic carbocycles. The lowest BCUT2D eigenvalue weighted by molar-refractivity contribution is 0.818. The van der Waals surface area contributed by atoms with Crippen molar-refractivity contribution in [3.63, 3.8) is 0 Å². The number of rotatable bonds is 9. The smallest absolute Gasteiger partial charge is 0.0960 e. The van der Waals surface area contributed by atoms with Gasteiger partial charge in [-0.3, -0.25) is 0 Å². The summed E-state index contributed by atoms with van der Waals surface area (Å²) in [5, 5.41) is 0. The summed E-state index contributed by atoms with van der Waals surface area (Å²) in [4.78, 5) is 7.60. The first kappa shape index (κ1) is 27.2. The van der Waals surface area contributed by atoms with Gasteiger partial charge in [-0.2, -0.15) is 0 Å². The van der Waals surface area contributed by atoms with Crippen molar-refractivity contribution in [2.45, 2.75) is 85.6 Å². The van der Waals surface area contributed by atoms with Crippen molar-refractivity contribution in [2.75, 3.05) is 4.90 Å². The molecule has 35 heavy (non-hydrogen) atoms. The van der Waals surface area contributed by atoms with E-state index in [2.05, 4.69) is 143 Å². The highest BCUT2D eigenvalue weighted by Gasteiger charge is 2.20. The van der Waals surface area contributed by atoms with E-state index in [1.807, 2.05) is 0 Å². The number of nitrogens with zero attached hydrogens (tertiary/aromatic N) is 2. The Morgan fingerprint density at radius 2 is 1.11 bits per heavy atom. The lowest BCUT2D eigenvalue weighted by atomic mass is 9.91. The van der Waals surface area contributed by atoms with Crippen LogP contribution in [0.15, 0.2) is 70.1 Å². The van der Waals surface area contributed by atoms with E-state index >= 15 is 0 Å². The number of halogens is 1. The summed E-state index contributed by atoms with van der Waals surface area (Å²) in [6.45, 7) is 18.9. The Balaban J connectivity index is 2.24. The highest BCUT2D eigenvalue weighted by molar-refractivity contribution is 9.10. The predicted octanol–water partition coefficient (Wildman–Crippen LogP) is 10.3. The molecule has 2 nitrogen and oxygen atoms in total.